The molecule has 0 bridgehead atoms. The zero-order chi connectivity index (χ0) is 10.5. The first-order chi connectivity index (χ1) is 5.91. The molecule has 1 amide bonds. The van der Waals surface area contributed by atoms with Gasteiger partial charge in [0.15, 0.2) is 0 Å². The predicted octanol–water partition coefficient (Wildman–Crippen LogP) is 1.31. The van der Waals surface area contributed by atoms with Gasteiger partial charge in [0.25, 0.3) is 0 Å². The Labute approximate surface area is 80.5 Å². The van der Waals surface area contributed by atoms with Crippen LogP contribution in [-0.2, 0) is 4.79 Å². The van der Waals surface area contributed by atoms with Gasteiger partial charge in [-0.1, -0.05) is 34.1 Å². The highest BCUT2D eigenvalue weighted by Gasteiger charge is 2.23. The summed E-state index contributed by atoms with van der Waals surface area (Å²) in [6, 6.07) is -0.0864. The summed E-state index contributed by atoms with van der Waals surface area (Å²) in [6.45, 7) is 7.65. The van der Waals surface area contributed by atoms with Crippen LogP contribution in [0.5, 0.6) is 0 Å². The second-order valence-corrected chi connectivity index (χ2v) is 4.39. The van der Waals surface area contributed by atoms with Crippen molar-refractivity contribution in [1.29, 1.82) is 0 Å². The first-order valence-corrected chi connectivity index (χ1v) is 4.83. The number of carbonyl (C=O) groups is 1. The maximum atomic E-state index is 11.5. The lowest BCUT2D eigenvalue weighted by molar-refractivity contribution is -0.129. The molecule has 2 N–H and O–H groups in total. The number of aliphatic hydroxyl groups is 1. The van der Waals surface area contributed by atoms with Crippen molar-refractivity contribution in [3.8, 4) is 0 Å². The lowest BCUT2D eigenvalue weighted by Gasteiger charge is -2.22. The van der Waals surface area contributed by atoms with Crippen molar-refractivity contribution in [3.63, 3.8) is 0 Å². The SMILES string of the molecule is CCC[C@H](CO)NC(=O)C(C)(C)C. The summed E-state index contributed by atoms with van der Waals surface area (Å²) in [5, 5.41) is 11.8. The molecule has 0 aromatic rings. The highest BCUT2D eigenvalue weighted by atomic mass is 16.3. The molecule has 0 aromatic heterocycles. The number of nitrogens with one attached hydrogen (secondary N) is 1. The topological polar surface area (TPSA) is 49.3 Å². The maximum Gasteiger partial charge on any atom is 0.225 e. The Balaban J connectivity index is 4.01. The van der Waals surface area contributed by atoms with Gasteiger partial charge in [-0.2, -0.15) is 0 Å². The van der Waals surface area contributed by atoms with Crippen LogP contribution in [-0.4, -0.2) is 23.7 Å². The highest BCUT2D eigenvalue weighted by molar-refractivity contribution is 5.81. The third kappa shape index (κ3) is 4.88. The normalized spacial score (nSPS) is 13.9. The molecule has 0 fully saturated rings. The van der Waals surface area contributed by atoms with Gasteiger partial charge in [0.1, 0.15) is 0 Å². The van der Waals surface area contributed by atoms with Gasteiger partial charge >= 0.3 is 0 Å². The number of amides is 1. The van der Waals surface area contributed by atoms with Crippen LogP contribution >= 0.6 is 0 Å². The molecule has 0 saturated heterocycles. The van der Waals surface area contributed by atoms with Crippen LogP contribution in [0.1, 0.15) is 40.5 Å². The molecular formula is C10H21NO2. The molecule has 3 nitrogen and oxygen atoms in total. The molecule has 1 atom stereocenters. The average Bonchev–Trinajstić information content (AvgIpc) is 2.01. The molecule has 0 spiro atoms. The Kier molecular flexibility index (Phi) is 4.99. The van der Waals surface area contributed by atoms with Gasteiger partial charge in [0.2, 0.25) is 5.91 Å². The monoisotopic (exact) mass is 187 g/mol. The van der Waals surface area contributed by atoms with Crippen LogP contribution in [0.2, 0.25) is 0 Å². The van der Waals surface area contributed by atoms with Crippen LogP contribution in [0.3, 0.4) is 0 Å². The van der Waals surface area contributed by atoms with E-state index in [1.54, 1.807) is 0 Å². The molecule has 78 valence electrons. The van der Waals surface area contributed by atoms with Crippen molar-refractivity contribution < 1.29 is 9.90 Å². The third-order valence-corrected chi connectivity index (χ3v) is 1.87. The average molecular weight is 187 g/mol. The van der Waals surface area contributed by atoms with Crippen LogP contribution in [0.4, 0.5) is 0 Å². The Bertz CT molecular complexity index is 161. The Morgan fingerprint density at radius 3 is 2.31 bits per heavy atom. The van der Waals surface area contributed by atoms with E-state index in [-0.39, 0.29) is 24.0 Å². The zero-order valence-electron chi connectivity index (χ0n) is 9.05. The summed E-state index contributed by atoms with van der Waals surface area (Å²) in [7, 11) is 0. The second kappa shape index (κ2) is 5.22. The smallest absolute Gasteiger partial charge is 0.225 e. The molecule has 0 saturated carbocycles. The molecule has 13 heavy (non-hydrogen) atoms. The Morgan fingerprint density at radius 1 is 1.46 bits per heavy atom. The van der Waals surface area contributed by atoms with Gasteiger partial charge < -0.3 is 10.4 Å². The predicted molar refractivity (Wildman–Crippen MR) is 53.4 cm³/mol. The van der Waals surface area contributed by atoms with E-state index in [4.69, 9.17) is 5.11 Å². The molecule has 0 rings (SSSR count). The van der Waals surface area contributed by atoms with E-state index >= 15 is 0 Å². The summed E-state index contributed by atoms with van der Waals surface area (Å²) in [6.07, 6.45) is 1.80. The number of aliphatic hydroxyl groups excluding tert-OH is 1. The molecular weight excluding hydrogens is 166 g/mol. The highest BCUT2D eigenvalue weighted by Crippen LogP contribution is 2.13. The van der Waals surface area contributed by atoms with Crippen LogP contribution in [0, 0.1) is 5.41 Å². The molecule has 0 radical (unpaired) electrons. The molecule has 3 heteroatoms. The summed E-state index contributed by atoms with van der Waals surface area (Å²) in [5.41, 5.74) is -0.374. The molecule has 0 aliphatic carbocycles. The summed E-state index contributed by atoms with van der Waals surface area (Å²) in [5.74, 6) is 0.000000000000000444. The fourth-order valence-electron chi connectivity index (χ4n) is 0.959. The minimum absolute atomic E-state index is 0.000000000000000444. The van der Waals surface area contributed by atoms with Gasteiger partial charge in [0, 0.05) is 5.41 Å². The van der Waals surface area contributed by atoms with E-state index in [0.29, 0.717) is 0 Å². The van der Waals surface area contributed by atoms with Crippen LogP contribution in [0.15, 0.2) is 0 Å². The lowest BCUT2D eigenvalue weighted by atomic mass is 9.95. The van der Waals surface area contributed by atoms with Gasteiger partial charge in [-0.25, -0.2) is 0 Å². The quantitative estimate of drug-likeness (QED) is 0.697. The Hall–Kier alpha value is -0.570. The summed E-state index contributed by atoms with van der Waals surface area (Å²) >= 11 is 0. The standard InChI is InChI=1S/C10H21NO2/c1-5-6-8(7-12)11-9(13)10(2,3)4/h8,12H,5-7H2,1-4H3,(H,11,13)/t8-/m1/s1. The number of hydrogen-bond donors (Lipinski definition) is 2. The first-order valence-electron chi connectivity index (χ1n) is 4.83. The second-order valence-electron chi connectivity index (χ2n) is 4.39. The largest absolute Gasteiger partial charge is 0.394 e. The van der Waals surface area contributed by atoms with Gasteiger partial charge in [-0.15, -0.1) is 0 Å². The molecule has 0 unspecified atom stereocenters. The molecule has 0 aliphatic rings. The van der Waals surface area contributed by atoms with E-state index < -0.39 is 0 Å². The number of hydrogen-bond acceptors (Lipinski definition) is 2. The maximum absolute atomic E-state index is 11.5. The minimum atomic E-state index is -0.374. The fraction of sp³-hybridized carbons (Fsp3) is 0.900. The van der Waals surface area contributed by atoms with Crippen LogP contribution in [0.25, 0.3) is 0 Å². The van der Waals surface area contributed by atoms with E-state index in [1.807, 2.05) is 27.7 Å². The number of carbonyl (C=O) groups excluding carboxylic acids is 1. The first kappa shape index (κ1) is 12.4. The fourth-order valence-corrected chi connectivity index (χ4v) is 0.959. The molecule has 0 heterocycles. The van der Waals surface area contributed by atoms with Gasteiger partial charge in [0.05, 0.1) is 12.6 Å². The molecule has 0 aromatic carbocycles. The van der Waals surface area contributed by atoms with Crippen molar-refractivity contribution in [2.45, 2.75) is 46.6 Å². The van der Waals surface area contributed by atoms with Crippen molar-refractivity contribution in [2.24, 2.45) is 5.41 Å². The zero-order valence-corrected chi connectivity index (χ0v) is 9.05. The summed E-state index contributed by atoms with van der Waals surface area (Å²) < 4.78 is 0. The van der Waals surface area contributed by atoms with E-state index in [1.165, 1.54) is 0 Å². The van der Waals surface area contributed by atoms with Crippen molar-refractivity contribution in [1.82, 2.24) is 5.32 Å². The van der Waals surface area contributed by atoms with Crippen molar-refractivity contribution >= 4 is 5.91 Å². The lowest BCUT2D eigenvalue weighted by Crippen LogP contribution is -2.43. The van der Waals surface area contributed by atoms with Gasteiger partial charge in [-0.05, 0) is 6.42 Å². The van der Waals surface area contributed by atoms with E-state index in [0.717, 1.165) is 12.8 Å². The van der Waals surface area contributed by atoms with Crippen molar-refractivity contribution in [2.75, 3.05) is 6.61 Å². The van der Waals surface area contributed by atoms with Crippen LogP contribution < -0.4 is 5.32 Å². The number of rotatable bonds is 4. The van der Waals surface area contributed by atoms with Gasteiger partial charge in [-0.3, -0.25) is 4.79 Å². The molecule has 0 aliphatic heterocycles. The minimum Gasteiger partial charge on any atom is -0.394 e. The Morgan fingerprint density at radius 2 is 2.00 bits per heavy atom. The van der Waals surface area contributed by atoms with Crippen molar-refractivity contribution in [3.05, 3.63) is 0 Å². The summed E-state index contributed by atoms with van der Waals surface area (Å²) in [4.78, 5) is 11.5. The van der Waals surface area contributed by atoms with E-state index in [9.17, 15) is 4.79 Å². The van der Waals surface area contributed by atoms with E-state index in [2.05, 4.69) is 5.32 Å². The third-order valence-electron chi connectivity index (χ3n) is 1.87.